The number of benzene rings is 2. The van der Waals surface area contributed by atoms with Crippen molar-refractivity contribution in [3.05, 3.63) is 65.0 Å². The van der Waals surface area contributed by atoms with Crippen molar-refractivity contribution in [3.8, 4) is 0 Å². The molecule has 6 nitrogen and oxygen atoms in total. The van der Waals surface area contributed by atoms with Gasteiger partial charge in [-0.1, -0.05) is 37.6 Å². The zero-order valence-electron chi connectivity index (χ0n) is 19.8. The molecule has 8 heteroatoms. The summed E-state index contributed by atoms with van der Waals surface area (Å²) in [5.74, 6) is -0.920. The molecule has 0 aromatic heterocycles. The van der Waals surface area contributed by atoms with Crippen molar-refractivity contribution in [2.45, 2.75) is 75.8 Å². The molecule has 0 unspecified atom stereocenters. The Morgan fingerprint density at radius 3 is 2.65 bits per heavy atom. The monoisotopic (exact) mass is 487 g/mol. The Balaban J connectivity index is 1.60. The van der Waals surface area contributed by atoms with Gasteiger partial charge in [0.1, 0.15) is 5.82 Å². The van der Waals surface area contributed by atoms with E-state index in [-0.39, 0.29) is 17.2 Å². The van der Waals surface area contributed by atoms with Crippen molar-refractivity contribution in [2.24, 2.45) is 0 Å². The second-order valence-electron chi connectivity index (χ2n) is 9.34. The predicted molar refractivity (Wildman–Crippen MR) is 130 cm³/mol. The molecule has 34 heavy (non-hydrogen) atoms. The quantitative estimate of drug-likeness (QED) is 0.548. The summed E-state index contributed by atoms with van der Waals surface area (Å²) in [5.41, 5.74) is 3.41. The molecule has 2 aromatic carbocycles. The Bertz CT molecular complexity index is 1120. The lowest BCUT2D eigenvalue weighted by Gasteiger charge is -2.36. The highest BCUT2D eigenvalue weighted by Crippen LogP contribution is 2.35. The van der Waals surface area contributed by atoms with Crippen LogP contribution in [0.2, 0.25) is 0 Å². The van der Waals surface area contributed by atoms with E-state index in [9.17, 15) is 17.6 Å². The van der Waals surface area contributed by atoms with Crippen molar-refractivity contribution in [3.63, 3.8) is 0 Å². The third-order valence-corrected chi connectivity index (χ3v) is 8.03. The molecule has 1 saturated heterocycles. The molecule has 0 saturated carbocycles. The van der Waals surface area contributed by atoms with Crippen LogP contribution < -0.4 is 4.83 Å². The molecule has 1 aliphatic heterocycles. The third-order valence-electron chi connectivity index (χ3n) is 6.71. The van der Waals surface area contributed by atoms with E-state index >= 15 is 0 Å². The molecule has 2 aliphatic rings. The molecule has 0 bridgehead atoms. The predicted octanol–water partition coefficient (Wildman–Crippen LogP) is 4.71. The van der Waals surface area contributed by atoms with Crippen molar-refractivity contribution in [2.75, 3.05) is 13.1 Å². The first kappa shape index (κ1) is 24.8. The lowest BCUT2D eigenvalue weighted by molar-refractivity contribution is -0.136. The number of nitrogens with zero attached hydrogens (tertiary/aromatic N) is 2. The lowest BCUT2D eigenvalue weighted by Crippen LogP contribution is -2.48. The summed E-state index contributed by atoms with van der Waals surface area (Å²) in [6.45, 7) is 5.06. The van der Waals surface area contributed by atoms with Crippen LogP contribution in [0.5, 0.6) is 0 Å². The summed E-state index contributed by atoms with van der Waals surface area (Å²) in [7, 11) is -4.12. The highest BCUT2D eigenvalue weighted by atomic mass is 32.2. The third kappa shape index (κ3) is 5.85. The summed E-state index contributed by atoms with van der Waals surface area (Å²) in [4.78, 5) is 17.9. The fourth-order valence-electron chi connectivity index (χ4n) is 5.02. The average molecular weight is 488 g/mol. The minimum absolute atomic E-state index is 0.199. The minimum atomic E-state index is -4.12. The van der Waals surface area contributed by atoms with E-state index in [0.29, 0.717) is 12.8 Å². The van der Waals surface area contributed by atoms with E-state index in [1.807, 2.05) is 6.92 Å². The molecule has 1 amide bonds. The molecule has 1 heterocycles. The number of aryl methyl sites for hydroxylation is 1. The van der Waals surface area contributed by atoms with Gasteiger partial charge in [-0.2, -0.15) is 0 Å². The number of hydrogen-bond acceptors (Lipinski definition) is 4. The number of carbonyl (C=O) groups excluding carboxylic acids is 1. The number of nitrogens with one attached hydrogen (secondary N) is 1. The molecule has 4 rings (SSSR count). The van der Waals surface area contributed by atoms with Gasteiger partial charge in [-0.3, -0.25) is 14.7 Å². The number of carbonyl (C=O) groups is 1. The van der Waals surface area contributed by atoms with Crippen LogP contribution in [-0.4, -0.2) is 37.3 Å². The highest BCUT2D eigenvalue weighted by Gasteiger charge is 2.33. The Labute approximate surface area is 202 Å². The van der Waals surface area contributed by atoms with Crippen LogP contribution in [0.15, 0.2) is 47.4 Å². The number of rotatable bonds is 8. The van der Waals surface area contributed by atoms with Gasteiger partial charge in [-0.15, -0.1) is 4.83 Å². The largest absolute Gasteiger partial charge is 0.299 e. The zero-order chi connectivity index (χ0) is 24.1. The fraction of sp³-hybridized carbons (Fsp3) is 0.500. The second-order valence-corrected chi connectivity index (χ2v) is 11.0. The number of amides is 1. The first-order valence-corrected chi connectivity index (χ1v) is 13.8. The summed E-state index contributed by atoms with van der Waals surface area (Å²) >= 11 is 0. The van der Waals surface area contributed by atoms with E-state index in [0.717, 1.165) is 44.1 Å². The van der Waals surface area contributed by atoms with Gasteiger partial charge in [0, 0.05) is 13.0 Å². The molecule has 1 fully saturated rings. The van der Waals surface area contributed by atoms with Gasteiger partial charge < -0.3 is 0 Å². The Kier molecular flexibility index (Phi) is 8.01. The number of sulfonamides is 1. The van der Waals surface area contributed by atoms with Crippen LogP contribution in [-0.2, 0) is 27.8 Å². The molecule has 0 radical (unpaired) electrons. The molecule has 0 spiro atoms. The molecular formula is C26H34FN3O3S. The number of likely N-dealkylation sites (tertiary alicyclic amines) is 1. The van der Waals surface area contributed by atoms with Crippen LogP contribution in [0.25, 0.3) is 0 Å². The number of fused-ring (bicyclic) bond motifs is 1. The van der Waals surface area contributed by atoms with Gasteiger partial charge in [0.2, 0.25) is 5.91 Å². The van der Waals surface area contributed by atoms with Gasteiger partial charge in [-0.25, -0.2) is 12.8 Å². The highest BCUT2D eigenvalue weighted by molar-refractivity contribution is 7.89. The van der Waals surface area contributed by atoms with Gasteiger partial charge in [-0.05, 0) is 86.5 Å². The summed E-state index contributed by atoms with van der Waals surface area (Å²) in [6.07, 6.45) is 7.06. The van der Waals surface area contributed by atoms with E-state index in [1.54, 1.807) is 0 Å². The Hall–Kier alpha value is -2.29. The number of piperidine rings is 1. The van der Waals surface area contributed by atoms with Gasteiger partial charge >= 0.3 is 0 Å². The molecule has 2 aromatic rings. The normalized spacial score (nSPS) is 18.9. The van der Waals surface area contributed by atoms with E-state index in [2.05, 4.69) is 27.9 Å². The van der Waals surface area contributed by atoms with Crippen molar-refractivity contribution < 1.29 is 17.6 Å². The van der Waals surface area contributed by atoms with Gasteiger partial charge in [0.25, 0.3) is 10.0 Å². The first-order valence-electron chi connectivity index (χ1n) is 12.3. The minimum Gasteiger partial charge on any atom is -0.299 e. The van der Waals surface area contributed by atoms with E-state index < -0.39 is 21.9 Å². The molecular weight excluding hydrogens is 453 g/mol. The Morgan fingerprint density at radius 1 is 1.12 bits per heavy atom. The standard InChI is InChI=1S/C26H34FN3O3S/c1-2-8-26(31)30(28-34(32,33)23-11-7-10-22(27)18-23)25-12-6-9-21-17-20(13-14-24(21)25)19-29-15-4-3-5-16-29/h7,10-11,13-14,17-18,25,28H,2-6,8-9,12,15-16,19H2,1H3/t25-/m1/s1. The van der Waals surface area contributed by atoms with E-state index in [4.69, 9.17) is 0 Å². The number of hydrogen-bond donors (Lipinski definition) is 1. The maximum Gasteiger partial charge on any atom is 0.257 e. The van der Waals surface area contributed by atoms with Crippen LogP contribution in [0.3, 0.4) is 0 Å². The molecule has 184 valence electrons. The summed E-state index contributed by atoms with van der Waals surface area (Å²) in [5, 5.41) is 1.27. The fourth-order valence-corrected chi connectivity index (χ4v) is 6.14. The van der Waals surface area contributed by atoms with Crippen LogP contribution in [0.4, 0.5) is 4.39 Å². The first-order chi connectivity index (χ1) is 16.4. The van der Waals surface area contributed by atoms with Crippen molar-refractivity contribution in [1.82, 2.24) is 14.7 Å². The zero-order valence-corrected chi connectivity index (χ0v) is 20.6. The smallest absolute Gasteiger partial charge is 0.257 e. The van der Waals surface area contributed by atoms with E-state index in [1.165, 1.54) is 53.6 Å². The SMILES string of the molecule is CCCC(=O)N(NS(=O)(=O)c1cccc(F)c1)[C@@H]1CCCc2cc(CN3CCCCC3)ccc21. The maximum atomic E-state index is 13.7. The van der Waals surface area contributed by atoms with Crippen LogP contribution >= 0.6 is 0 Å². The number of hydrazine groups is 1. The summed E-state index contributed by atoms with van der Waals surface area (Å²) < 4.78 is 39.8. The topological polar surface area (TPSA) is 69.7 Å². The van der Waals surface area contributed by atoms with Crippen LogP contribution in [0.1, 0.15) is 74.6 Å². The molecule has 1 atom stereocenters. The lowest BCUT2D eigenvalue weighted by atomic mass is 9.86. The Morgan fingerprint density at radius 2 is 1.91 bits per heavy atom. The average Bonchev–Trinajstić information content (AvgIpc) is 2.83. The maximum absolute atomic E-state index is 13.7. The summed E-state index contributed by atoms with van der Waals surface area (Å²) in [6, 6.07) is 10.8. The van der Waals surface area contributed by atoms with Crippen LogP contribution in [0, 0.1) is 5.82 Å². The van der Waals surface area contributed by atoms with Crippen molar-refractivity contribution in [1.29, 1.82) is 0 Å². The van der Waals surface area contributed by atoms with Gasteiger partial charge in [0.05, 0.1) is 10.9 Å². The molecule has 1 N–H and O–H groups in total. The molecule has 1 aliphatic carbocycles. The second kappa shape index (κ2) is 11.0. The van der Waals surface area contributed by atoms with Gasteiger partial charge in [0.15, 0.2) is 0 Å². The van der Waals surface area contributed by atoms with Crippen molar-refractivity contribution >= 4 is 15.9 Å². The number of halogens is 1.